The van der Waals surface area contributed by atoms with Crippen LogP contribution in [0.5, 0.6) is 0 Å². The van der Waals surface area contributed by atoms with Gasteiger partial charge in [0, 0.05) is 0 Å². The van der Waals surface area contributed by atoms with Crippen LogP contribution < -0.4 is 0 Å². The first-order valence-corrected chi connectivity index (χ1v) is 8.03. The van der Waals surface area contributed by atoms with Crippen LogP contribution >= 0.6 is 0 Å². The molecule has 0 aromatic heterocycles. The molecule has 2 rings (SSSR count). The van der Waals surface area contributed by atoms with Crippen LogP contribution in [-0.4, -0.2) is 26.7 Å². The highest BCUT2D eigenvalue weighted by Crippen LogP contribution is 2.30. The van der Waals surface area contributed by atoms with E-state index < -0.39 is 15.8 Å². The molecule has 0 atom stereocenters. The Morgan fingerprint density at radius 1 is 1.16 bits per heavy atom. The van der Waals surface area contributed by atoms with E-state index in [-0.39, 0.29) is 15.7 Å². The molecule has 1 saturated carbocycles. The van der Waals surface area contributed by atoms with Crippen molar-refractivity contribution in [2.45, 2.75) is 42.2 Å². The predicted octanol–water partition coefficient (Wildman–Crippen LogP) is 2.58. The highest BCUT2D eigenvalue weighted by molar-refractivity contribution is 7.92. The molecule has 1 aromatic rings. The first kappa shape index (κ1) is 14.1. The van der Waals surface area contributed by atoms with Gasteiger partial charge in [-0.05, 0) is 25.0 Å². The third-order valence-electron chi connectivity index (χ3n) is 3.59. The fourth-order valence-corrected chi connectivity index (χ4v) is 4.59. The van der Waals surface area contributed by atoms with E-state index in [9.17, 15) is 13.2 Å². The second-order valence-electron chi connectivity index (χ2n) is 4.79. The summed E-state index contributed by atoms with van der Waals surface area (Å²) >= 11 is 0. The molecule has 1 aliphatic rings. The highest BCUT2D eigenvalue weighted by Gasteiger charge is 2.32. The van der Waals surface area contributed by atoms with Crippen LogP contribution in [0.25, 0.3) is 0 Å². The number of esters is 1. The molecule has 0 radical (unpaired) electrons. The smallest absolute Gasteiger partial charge is 0.339 e. The van der Waals surface area contributed by atoms with Gasteiger partial charge < -0.3 is 4.74 Å². The Morgan fingerprint density at radius 2 is 1.79 bits per heavy atom. The summed E-state index contributed by atoms with van der Waals surface area (Å²) in [5.74, 6) is -0.602. The van der Waals surface area contributed by atoms with Crippen LogP contribution in [0.2, 0.25) is 0 Å². The van der Waals surface area contributed by atoms with Crippen molar-refractivity contribution < 1.29 is 17.9 Å². The second kappa shape index (κ2) is 5.74. The summed E-state index contributed by atoms with van der Waals surface area (Å²) in [5.41, 5.74) is 0.135. The van der Waals surface area contributed by atoms with E-state index in [2.05, 4.69) is 4.74 Å². The molecule has 0 spiro atoms. The minimum absolute atomic E-state index is 0.105. The molecule has 0 N–H and O–H groups in total. The number of ether oxygens (including phenoxy) is 1. The average molecular weight is 282 g/mol. The predicted molar refractivity (Wildman–Crippen MR) is 71.8 cm³/mol. The molecule has 5 heteroatoms. The lowest BCUT2D eigenvalue weighted by Crippen LogP contribution is -2.25. The Kier molecular flexibility index (Phi) is 4.24. The zero-order valence-corrected chi connectivity index (χ0v) is 11.8. The lowest BCUT2D eigenvalue weighted by molar-refractivity contribution is 0.0596. The molecule has 0 amide bonds. The molecule has 1 aliphatic carbocycles. The van der Waals surface area contributed by atoms with Gasteiger partial charge in [-0.15, -0.1) is 0 Å². The maximum absolute atomic E-state index is 12.6. The maximum atomic E-state index is 12.6. The molecular formula is C14H18O4S. The first-order chi connectivity index (χ1) is 9.07. The van der Waals surface area contributed by atoms with Crippen LogP contribution in [0, 0.1) is 0 Å². The van der Waals surface area contributed by atoms with Crippen molar-refractivity contribution in [3.05, 3.63) is 29.8 Å². The fourth-order valence-electron chi connectivity index (χ4n) is 2.55. The highest BCUT2D eigenvalue weighted by atomic mass is 32.2. The summed E-state index contributed by atoms with van der Waals surface area (Å²) in [6, 6.07) is 6.28. The van der Waals surface area contributed by atoms with Crippen LogP contribution in [0.1, 0.15) is 42.5 Å². The largest absolute Gasteiger partial charge is 0.465 e. The molecule has 1 aromatic carbocycles. The van der Waals surface area contributed by atoms with Crippen molar-refractivity contribution in [2.24, 2.45) is 0 Å². The van der Waals surface area contributed by atoms with Crippen molar-refractivity contribution in [1.29, 1.82) is 0 Å². The van der Waals surface area contributed by atoms with E-state index >= 15 is 0 Å². The molecule has 0 heterocycles. The van der Waals surface area contributed by atoms with Gasteiger partial charge >= 0.3 is 5.97 Å². The van der Waals surface area contributed by atoms with Gasteiger partial charge in [-0.1, -0.05) is 31.4 Å². The minimum Gasteiger partial charge on any atom is -0.465 e. The van der Waals surface area contributed by atoms with E-state index in [1.165, 1.54) is 19.2 Å². The van der Waals surface area contributed by atoms with E-state index in [0.717, 1.165) is 19.3 Å². The summed E-state index contributed by atoms with van der Waals surface area (Å²) in [4.78, 5) is 11.8. The molecule has 0 unspecified atom stereocenters. The number of carbonyl (C=O) groups is 1. The van der Waals surface area contributed by atoms with Gasteiger partial charge in [0.05, 0.1) is 22.8 Å². The third-order valence-corrected chi connectivity index (χ3v) is 5.91. The Hall–Kier alpha value is -1.36. The summed E-state index contributed by atoms with van der Waals surface area (Å²) in [5, 5.41) is -0.368. The Morgan fingerprint density at radius 3 is 2.42 bits per heavy atom. The molecule has 0 aliphatic heterocycles. The van der Waals surface area contributed by atoms with Crippen LogP contribution in [0.4, 0.5) is 0 Å². The van der Waals surface area contributed by atoms with Gasteiger partial charge in [0.1, 0.15) is 0 Å². The number of hydrogen-bond acceptors (Lipinski definition) is 4. The van der Waals surface area contributed by atoms with Crippen molar-refractivity contribution in [3.8, 4) is 0 Å². The number of carbonyl (C=O) groups excluding carboxylic acids is 1. The van der Waals surface area contributed by atoms with E-state index in [1.807, 2.05) is 0 Å². The van der Waals surface area contributed by atoms with Crippen LogP contribution in [0.15, 0.2) is 29.2 Å². The van der Waals surface area contributed by atoms with Crippen molar-refractivity contribution >= 4 is 15.8 Å². The summed E-state index contributed by atoms with van der Waals surface area (Å²) in [6.45, 7) is 0. The van der Waals surface area contributed by atoms with Crippen molar-refractivity contribution in [3.63, 3.8) is 0 Å². The summed E-state index contributed by atoms with van der Waals surface area (Å²) in [6.07, 6.45) is 4.31. The molecule has 104 valence electrons. The van der Waals surface area contributed by atoms with Gasteiger partial charge in [-0.25, -0.2) is 13.2 Å². The molecule has 19 heavy (non-hydrogen) atoms. The Labute approximate surface area is 113 Å². The van der Waals surface area contributed by atoms with Crippen molar-refractivity contribution in [2.75, 3.05) is 7.11 Å². The van der Waals surface area contributed by atoms with Crippen LogP contribution in [0.3, 0.4) is 0 Å². The van der Waals surface area contributed by atoms with Crippen molar-refractivity contribution in [1.82, 2.24) is 0 Å². The zero-order chi connectivity index (χ0) is 13.9. The zero-order valence-electron chi connectivity index (χ0n) is 11.0. The maximum Gasteiger partial charge on any atom is 0.339 e. The van der Waals surface area contributed by atoms with Crippen LogP contribution in [-0.2, 0) is 14.6 Å². The summed E-state index contributed by atoms with van der Waals surface area (Å²) < 4.78 is 29.9. The molecular weight excluding hydrogens is 264 g/mol. The van der Waals surface area contributed by atoms with E-state index in [0.29, 0.717) is 12.8 Å². The Bertz CT molecular complexity index is 557. The lowest BCUT2D eigenvalue weighted by Gasteiger charge is -2.22. The third kappa shape index (κ3) is 2.81. The Balaban J connectivity index is 2.42. The normalized spacial score (nSPS) is 17.1. The van der Waals surface area contributed by atoms with Gasteiger partial charge in [-0.3, -0.25) is 0 Å². The molecule has 1 fully saturated rings. The summed E-state index contributed by atoms with van der Waals surface area (Å²) in [7, 11) is -2.19. The first-order valence-electron chi connectivity index (χ1n) is 6.48. The standard InChI is InChI=1S/C14H18O4S/c1-18-14(15)12-9-5-6-10-13(12)19(16,17)11-7-3-2-4-8-11/h5-6,9-11H,2-4,7-8H2,1H3. The molecule has 0 saturated heterocycles. The quantitative estimate of drug-likeness (QED) is 0.799. The number of benzene rings is 1. The van der Waals surface area contributed by atoms with E-state index in [4.69, 9.17) is 0 Å². The average Bonchev–Trinajstić information content (AvgIpc) is 2.47. The number of sulfone groups is 1. The van der Waals surface area contributed by atoms with Gasteiger partial charge in [0.2, 0.25) is 0 Å². The number of methoxy groups -OCH3 is 1. The fraction of sp³-hybridized carbons (Fsp3) is 0.500. The second-order valence-corrected chi connectivity index (χ2v) is 6.99. The minimum atomic E-state index is -3.45. The van der Waals surface area contributed by atoms with Gasteiger partial charge in [-0.2, -0.15) is 0 Å². The number of rotatable bonds is 3. The molecule has 4 nitrogen and oxygen atoms in total. The number of hydrogen-bond donors (Lipinski definition) is 0. The molecule has 0 bridgehead atoms. The topological polar surface area (TPSA) is 60.4 Å². The van der Waals surface area contributed by atoms with Gasteiger partial charge in [0.25, 0.3) is 0 Å². The lowest BCUT2D eigenvalue weighted by atomic mass is 10.0. The van der Waals surface area contributed by atoms with E-state index in [1.54, 1.807) is 12.1 Å². The monoisotopic (exact) mass is 282 g/mol. The SMILES string of the molecule is COC(=O)c1ccccc1S(=O)(=O)C1CCCCC1. The van der Waals surface area contributed by atoms with Gasteiger partial charge in [0.15, 0.2) is 9.84 Å².